The zero-order chi connectivity index (χ0) is 18.6. The van der Waals surface area contributed by atoms with Crippen LogP contribution in [0.5, 0.6) is 23.0 Å². The van der Waals surface area contributed by atoms with E-state index in [2.05, 4.69) is 0 Å². The van der Waals surface area contributed by atoms with Gasteiger partial charge in [-0.05, 0) is 56.2 Å². The van der Waals surface area contributed by atoms with E-state index in [1.165, 1.54) is 30.3 Å². The normalized spacial score (nSPS) is 11.2. The summed E-state index contributed by atoms with van der Waals surface area (Å²) in [6.45, 7) is 4.73. The summed E-state index contributed by atoms with van der Waals surface area (Å²) in [7, 11) is 0. The third kappa shape index (κ3) is 4.87. The second kappa shape index (κ2) is 7.90. The molecule has 0 atom stereocenters. The molecule has 0 fully saturated rings. The Kier molecular flexibility index (Phi) is 5.88. The van der Waals surface area contributed by atoms with Gasteiger partial charge in [0.05, 0.1) is 6.54 Å². The Morgan fingerprint density at radius 3 is 2.08 bits per heavy atom. The highest BCUT2D eigenvalue weighted by Gasteiger charge is 2.17. The SMILES string of the molecule is CC(C)N(CCc1ccc(O)c(O)c1)CC(=O)c1ccc(O)c(O)c1. The molecule has 0 radical (unpaired) electrons. The number of ketones is 1. The fraction of sp³-hybridized carbons (Fsp3) is 0.316. The number of aromatic hydroxyl groups is 4. The van der Waals surface area contributed by atoms with Gasteiger partial charge in [-0.2, -0.15) is 0 Å². The molecule has 0 saturated heterocycles. The quantitative estimate of drug-likeness (QED) is 0.455. The molecule has 0 aliphatic rings. The van der Waals surface area contributed by atoms with Crippen molar-refractivity contribution >= 4 is 5.78 Å². The second-order valence-electron chi connectivity index (χ2n) is 6.26. The van der Waals surface area contributed by atoms with Crippen LogP contribution in [0.1, 0.15) is 29.8 Å². The van der Waals surface area contributed by atoms with Crippen LogP contribution in [0.15, 0.2) is 36.4 Å². The second-order valence-corrected chi connectivity index (χ2v) is 6.26. The Labute approximate surface area is 146 Å². The monoisotopic (exact) mass is 345 g/mol. The van der Waals surface area contributed by atoms with Crippen LogP contribution in [0.3, 0.4) is 0 Å². The van der Waals surface area contributed by atoms with Gasteiger partial charge in [0, 0.05) is 18.2 Å². The molecule has 2 rings (SSSR count). The number of hydrogen-bond donors (Lipinski definition) is 4. The van der Waals surface area contributed by atoms with Gasteiger partial charge in [0.15, 0.2) is 28.8 Å². The number of nitrogens with zero attached hydrogens (tertiary/aromatic N) is 1. The first kappa shape index (κ1) is 18.6. The van der Waals surface area contributed by atoms with Crippen LogP contribution in [0.4, 0.5) is 0 Å². The first-order valence-electron chi connectivity index (χ1n) is 8.08. The molecule has 25 heavy (non-hydrogen) atoms. The van der Waals surface area contributed by atoms with Crippen molar-refractivity contribution in [1.29, 1.82) is 0 Å². The topological polar surface area (TPSA) is 101 Å². The van der Waals surface area contributed by atoms with Crippen LogP contribution in [0.2, 0.25) is 0 Å². The summed E-state index contributed by atoms with van der Waals surface area (Å²) in [6, 6.07) is 8.83. The molecule has 2 aromatic carbocycles. The molecule has 0 aliphatic heterocycles. The van der Waals surface area contributed by atoms with Gasteiger partial charge in [0.1, 0.15) is 0 Å². The van der Waals surface area contributed by atoms with E-state index >= 15 is 0 Å². The number of phenols is 4. The number of phenolic OH excluding ortho intramolecular Hbond substituents is 4. The largest absolute Gasteiger partial charge is 0.504 e. The predicted octanol–water partition coefficient (Wildman–Crippen LogP) is 2.64. The summed E-state index contributed by atoms with van der Waals surface area (Å²) in [5.74, 6) is -1.06. The van der Waals surface area contributed by atoms with Crippen molar-refractivity contribution in [2.45, 2.75) is 26.3 Å². The molecule has 0 amide bonds. The van der Waals surface area contributed by atoms with Gasteiger partial charge < -0.3 is 20.4 Å². The Morgan fingerprint density at radius 1 is 0.920 bits per heavy atom. The summed E-state index contributed by atoms with van der Waals surface area (Å²) in [5, 5.41) is 37.8. The minimum Gasteiger partial charge on any atom is -0.504 e. The van der Waals surface area contributed by atoms with Gasteiger partial charge in [-0.25, -0.2) is 0 Å². The van der Waals surface area contributed by atoms with Crippen molar-refractivity contribution in [3.05, 3.63) is 47.5 Å². The Balaban J connectivity index is 2.03. The maximum Gasteiger partial charge on any atom is 0.176 e. The molecule has 6 heteroatoms. The maximum absolute atomic E-state index is 12.4. The van der Waals surface area contributed by atoms with Gasteiger partial charge in [0.25, 0.3) is 0 Å². The average molecular weight is 345 g/mol. The van der Waals surface area contributed by atoms with Gasteiger partial charge in [-0.15, -0.1) is 0 Å². The van der Waals surface area contributed by atoms with Crippen LogP contribution in [-0.4, -0.2) is 50.2 Å². The number of carbonyl (C=O) groups excluding carboxylic acids is 1. The molecule has 0 spiro atoms. The number of carbonyl (C=O) groups is 1. The van der Waals surface area contributed by atoms with Crippen molar-refractivity contribution in [3.63, 3.8) is 0 Å². The maximum atomic E-state index is 12.4. The summed E-state index contributed by atoms with van der Waals surface area (Å²) in [6.07, 6.45) is 0.611. The van der Waals surface area contributed by atoms with Gasteiger partial charge in [-0.3, -0.25) is 9.69 Å². The molecular weight excluding hydrogens is 322 g/mol. The van der Waals surface area contributed by atoms with E-state index in [1.54, 1.807) is 6.07 Å². The first-order valence-corrected chi connectivity index (χ1v) is 8.08. The Morgan fingerprint density at radius 2 is 1.52 bits per heavy atom. The Hall–Kier alpha value is -2.73. The fourth-order valence-corrected chi connectivity index (χ4v) is 2.49. The van der Waals surface area contributed by atoms with Crippen LogP contribution in [0.25, 0.3) is 0 Å². The molecule has 0 heterocycles. The standard InChI is InChI=1S/C19H23NO5/c1-12(2)20(8-7-13-3-5-15(21)17(23)9-13)11-19(25)14-4-6-16(22)18(24)10-14/h3-6,9-10,12,21-24H,7-8,11H2,1-2H3. The molecule has 4 N–H and O–H groups in total. The summed E-state index contributed by atoms with van der Waals surface area (Å²) < 4.78 is 0. The van der Waals surface area contributed by atoms with Crippen LogP contribution >= 0.6 is 0 Å². The van der Waals surface area contributed by atoms with Crippen LogP contribution in [0, 0.1) is 0 Å². The minimum atomic E-state index is -0.318. The smallest absolute Gasteiger partial charge is 0.176 e. The fourth-order valence-electron chi connectivity index (χ4n) is 2.49. The zero-order valence-corrected chi connectivity index (χ0v) is 14.3. The lowest BCUT2D eigenvalue weighted by Gasteiger charge is -2.25. The summed E-state index contributed by atoms with van der Waals surface area (Å²) in [4.78, 5) is 14.4. The van der Waals surface area contributed by atoms with E-state index in [-0.39, 0.29) is 41.4 Å². The molecule has 0 saturated carbocycles. The number of rotatable bonds is 7. The highest BCUT2D eigenvalue weighted by atomic mass is 16.3. The third-order valence-electron chi connectivity index (χ3n) is 4.10. The number of Topliss-reactive ketones (excluding diaryl/α,β-unsaturated/α-hetero) is 1. The third-order valence-corrected chi connectivity index (χ3v) is 4.10. The number of benzene rings is 2. The van der Waals surface area contributed by atoms with E-state index in [9.17, 15) is 25.2 Å². The molecule has 0 aliphatic carbocycles. The molecule has 0 aromatic heterocycles. The first-order chi connectivity index (χ1) is 11.8. The van der Waals surface area contributed by atoms with E-state index in [4.69, 9.17) is 0 Å². The summed E-state index contributed by atoms with van der Waals surface area (Å²) >= 11 is 0. The minimum absolute atomic E-state index is 0.125. The lowest BCUT2D eigenvalue weighted by Crippen LogP contribution is -2.37. The highest BCUT2D eigenvalue weighted by molar-refractivity contribution is 5.98. The van der Waals surface area contributed by atoms with Gasteiger partial charge in [0.2, 0.25) is 0 Å². The Bertz CT molecular complexity index is 757. The zero-order valence-electron chi connectivity index (χ0n) is 14.3. The predicted molar refractivity (Wildman–Crippen MR) is 94.3 cm³/mol. The molecule has 0 unspecified atom stereocenters. The molecule has 2 aromatic rings. The highest BCUT2D eigenvalue weighted by Crippen LogP contribution is 2.26. The van der Waals surface area contributed by atoms with Crippen molar-refractivity contribution in [1.82, 2.24) is 4.90 Å². The van der Waals surface area contributed by atoms with Gasteiger partial charge in [-0.1, -0.05) is 6.07 Å². The lowest BCUT2D eigenvalue weighted by molar-refractivity contribution is 0.0906. The van der Waals surface area contributed by atoms with Crippen molar-refractivity contribution in [3.8, 4) is 23.0 Å². The van der Waals surface area contributed by atoms with E-state index in [0.717, 1.165) is 5.56 Å². The lowest BCUT2D eigenvalue weighted by atomic mass is 10.1. The van der Waals surface area contributed by atoms with E-state index in [0.29, 0.717) is 18.5 Å². The van der Waals surface area contributed by atoms with E-state index in [1.807, 2.05) is 18.7 Å². The van der Waals surface area contributed by atoms with Crippen molar-refractivity contribution < 1.29 is 25.2 Å². The van der Waals surface area contributed by atoms with Crippen molar-refractivity contribution in [2.75, 3.05) is 13.1 Å². The van der Waals surface area contributed by atoms with Gasteiger partial charge >= 0.3 is 0 Å². The van der Waals surface area contributed by atoms with Crippen LogP contribution < -0.4 is 0 Å². The van der Waals surface area contributed by atoms with E-state index < -0.39 is 0 Å². The number of hydrogen-bond acceptors (Lipinski definition) is 6. The molecule has 6 nitrogen and oxygen atoms in total. The van der Waals surface area contributed by atoms with Crippen molar-refractivity contribution in [2.24, 2.45) is 0 Å². The molecule has 134 valence electrons. The van der Waals surface area contributed by atoms with Crippen LogP contribution in [-0.2, 0) is 6.42 Å². The summed E-state index contributed by atoms with van der Waals surface area (Å²) in [5.41, 5.74) is 1.19. The molecule has 0 bridgehead atoms. The molecular formula is C19H23NO5. The average Bonchev–Trinajstić information content (AvgIpc) is 2.56.